The van der Waals surface area contributed by atoms with Gasteiger partial charge in [-0.3, -0.25) is 4.79 Å². The Morgan fingerprint density at radius 3 is 2.60 bits per heavy atom. The van der Waals surface area contributed by atoms with E-state index in [2.05, 4.69) is 0 Å². The van der Waals surface area contributed by atoms with Crippen LogP contribution in [0.1, 0.15) is 25.7 Å². The second-order valence-electron chi connectivity index (χ2n) is 3.77. The van der Waals surface area contributed by atoms with Crippen LogP contribution >= 0.6 is 0 Å². The smallest absolute Gasteiger partial charge is 0.173 e. The Kier molecular flexibility index (Phi) is 2.99. The van der Waals surface area contributed by atoms with Crippen LogP contribution in [0.25, 0.3) is 0 Å². The molecule has 0 amide bonds. The molecule has 0 N–H and O–H groups in total. The molecule has 1 saturated carbocycles. The maximum Gasteiger partial charge on any atom is 0.173 e. The molecule has 15 heavy (non-hydrogen) atoms. The lowest BCUT2D eigenvalue weighted by Crippen LogP contribution is -2.30. The van der Waals surface area contributed by atoms with Crippen molar-refractivity contribution in [3.63, 3.8) is 0 Å². The number of carbonyl (C=O) groups excluding carboxylic acids is 1. The van der Waals surface area contributed by atoms with Crippen molar-refractivity contribution in [3.8, 4) is 5.75 Å². The number of rotatable bonds is 2. The SMILES string of the molecule is O=C1CCCCC1Oc1ccc(F)cc1. The first-order valence-electron chi connectivity index (χ1n) is 5.20. The fourth-order valence-electron chi connectivity index (χ4n) is 1.75. The lowest BCUT2D eigenvalue weighted by Gasteiger charge is -2.21. The molecule has 0 heterocycles. The number of hydrogen-bond donors (Lipinski definition) is 0. The summed E-state index contributed by atoms with van der Waals surface area (Å²) < 4.78 is 18.1. The van der Waals surface area contributed by atoms with Gasteiger partial charge < -0.3 is 4.74 Å². The van der Waals surface area contributed by atoms with E-state index in [1.807, 2.05) is 0 Å². The summed E-state index contributed by atoms with van der Waals surface area (Å²) in [6.45, 7) is 0. The third kappa shape index (κ3) is 2.55. The molecule has 2 nitrogen and oxygen atoms in total. The standard InChI is InChI=1S/C12H13FO2/c13-9-5-7-10(8-6-9)15-12-4-2-1-3-11(12)14/h5-8,12H,1-4H2. The van der Waals surface area contributed by atoms with E-state index >= 15 is 0 Å². The van der Waals surface area contributed by atoms with Crippen molar-refractivity contribution < 1.29 is 13.9 Å². The minimum Gasteiger partial charge on any atom is -0.483 e. The topological polar surface area (TPSA) is 26.3 Å². The number of ether oxygens (including phenoxy) is 1. The van der Waals surface area contributed by atoms with Crippen molar-refractivity contribution in [3.05, 3.63) is 30.1 Å². The summed E-state index contributed by atoms with van der Waals surface area (Å²) in [7, 11) is 0. The highest BCUT2D eigenvalue weighted by Crippen LogP contribution is 2.21. The highest BCUT2D eigenvalue weighted by atomic mass is 19.1. The van der Waals surface area contributed by atoms with Gasteiger partial charge in [0.1, 0.15) is 11.6 Å². The van der Waals surface area contributed by atoms with Gasteiger partial charge in [-0.15, -0.1) is 0 Å². The molecule has 0 radical (unpaired) electrons. The summed E-state index contributed by atoms with van der Waals surface area (Å²) in [6.07, 6.45) is 3.03. The van der Waals surface area contributed by atoms with Crippen molar-refractivity contribution in [2.75, 3.05) is 0 Å². The van der Waals surface area contributed by atoms with Crippen LogP contribution in [0.2, 0.25) is 0 Å². The van der Waals surface area contributed by atoms with Crippen molar-refractivity contribution in [1.82, 2.24) is 0 Å². The van der Waals surface area contributed by atoms with Gasteiger partial charge in [0.2, 0.25) is 0 Å². The second-order valence-corrected chi connectivity index (χ2v) is 3.77. The summed E-state index contributed by atoms with van der Waals surface area (Å²) in [5.74, 6) is 0.430. The van der Waals surface area contributed by atoms with Gasteiger partial charge in [-0.1, -0.05) is 0 Å². The van der Waals surface area contributed by atoms with E-state index in [-0.39, 0.29) is 17.7 Å². The predicted molar refractivity (Wildman–Crippen MR) is 54.3 cm³/mol. The monoisotopic (exact) mass is 208 g/mol. The van der Waals surface area contributed by atoms with Crippen LogP contribution in [0.5, 0.6) is 5.75 Å². The second kappa shape index (κ2) is 4.43. The minimum atomic E-state index is -0.329. The third-order valence-corrected chi connectivity index (χ3v) is 2.59. The molecule has 1 aromatic rings. The number of ketones is 1. The zero-order chi connectivity index (χ0) is 10.7. The first-order valence-corrected chi connectivity index (χ1v) is 5.20. The zero-order valence-electron chi connectivity index (χ0n) is 8.41. The molecule has 1 aromatic carbocycles. The Morgan fingerprint density at radius 2 is 1.93 bits per heavy atom. The van der Waals surface area contributed by atoms with E-state index in [0.717, 1.165) is 19.3 Å². The van der Waals surface area contributed by atoms with E-state index in [1.165, 1.54) is 12.1 Å². The third-order valence-electron chi connectivity index (χ3n) is 2.59. The highest BCUT2D eigenvalue weighted by Gasteiger charge is 2.23. The molecule has 1 unspecified atom stereocenters. The van der Waals surface area contributed by atoms with Gasteiger partial charge in [0.15, 0.2) is 11.9 Å². The number of carbonyl (C=O) groups is 1. The van der Waals surface area contributed by atoms with Gasteiger partial charge in [-0.2, -0.15) is 0 Å². The zero-order valence-corrected chi connectivity index (χ0v) is 8.41. The van der Waals surface area contributed by atoms with Crippen LogP contribution in [-0.4, -0.2) is 11.9 Å². The van der Waals surface area contributed by atoms with Gasteiger partial charge in [-0.25, -0.2) is 4.39 Å². The summed E-state index contributed by atoms with van der Waals surface area (Å²) in [4.78, 5) is 11.5. The highest BCUT2D eigenvalue weighted by molar-refractivity contribution is 5.84. The van der Waals surface area contributed by atoms with Crippen LogP contribution in [0, 0.1) is 5.82 Å². The first kappa shape index (κ1) is 10.1. The molecular weight excluding hydrogens is 195 g/mol. The van der Waals surface area contributed by atoms with Gasteiger partial charge >= 0.3 is 0 Å². The number of Topliss-reactive ketones (excluding diaryl/α,β-unsaturated/α-hetero) is 1. The molecule has 0 aromatic heterocycles. The summed E-state index contributed by atoms with van der Waals surface area (Å²) >= 11 is 0. The largest absolute Gasteiger partial charge is 0.483 e. The van der Waals surface area contributed by atoms with E-state index < -0.39 is 0 Å². The van der Waals surface area contributed by atoms with Crippen LogP contribution in [-0.2, 0) is 4.79 Å². The Bertz CT molecular complexity index is 345. The Balaban J connectivity index is 2.01. The molecule has 0 bridgehead atoms. The average Bonchev–Trinajstić information content (AvgIpc) is 2.25. The van der Waals surface area contributed by atoms with Crippen LogP contribution in [0.15, 0.2) is 24.3 Å². The molecule has 1 fully saturated rings. The fourth-order valence-corrected chi connectivity index (χ4v) is 1.75. The van der Waals surface area contributed by atoms with E-state index in [9.17, 15) is 9.18 Å². The van der Waals surface area contributed by atoms with E-state index in [4.69, 9.17) is 4.74 Å². The molecule has 0 saturated heterocycles. The minimum absolute atomic E-state index is 0.158. The molecule has 80 valence electrons. The van der Waals surface area contributed by atoms with Crippen LogP contribution in [0.4, 0.5) is 4.39 Å². The Morgan fingerprint density at radius 1 is 1.20 bits per heavy atom. The van der Waals surface area contributed by atoms with Gasteiger partial charge in [0, 0.05) is 6.42 Å². The Labute approximate surface area is 88.1 Å². The quantitative estimate of drug-likeness (QED) is 0.747. The van der Waals surface area contributed by atoms with Gasteiger partial charge in [-0.05, 0) is 43.5 Å². The van der Waals surface area contributed by atoms with Crippen molar-refractivity contribution in [1.29, 1.82) is 0 Å². The maximum atomic E-state index is 12.6. The van der Waals surface area contributed by atoms with Crippen LogP contribution < -0.4 is 4.74 Å². The Hall–Kier alpha value is -1.38. The molecule has 1 atom stereocenters. The van der Waals surface area contributed by atoms with E-state index in [0.29, 0.717) is 12.2 Å². The number of benzene rings is 1. The van der Waals surface area contributed by atoms with Crippen molar-refractivity contribution in [2.45, 2.75) is 31.8 Å². The lowest BCUT2D eigenvalue weighted by molar-refractivity contribution is -0.127. The van der Waals surface area contributed by atoms with E-state index in [1.54, 1.807) is 12.1 Å². The van der Waals surface area contributed by atoms with Gasteiger partial charge in [0.25, 0.3) is 0 Å². The molecule has 1 aliphatic rings. The number of hydrogen-bond acceptors (Lipinski definition) is 2. The molecule has 3 heteroatoms. The van der Waals surface area contributed by atoms with Crippen molar-refractivity contribution in [2.24, 2.45) is 0 Å². The summed E-state index contributed by atoms with van der Waals surface area (Å²) in [6, 6.07) is 5.78. The fraction of sp³-hybridized carbons (Fsp3) is 0.417. The lowest BCUT2D eigenvalue weighted by atomic mass is 9.96. The number of halogens is 1. The van der Waals surface area contributed by atoms with Crippen LogP contribution in [0.3, 0.4) is 0 Å². The maximum absolute atomic E-state index is 12.6. The molecular formula is C12H13FO2. The normalized spacial score (nSPS) is 21.4. The molecule has 0 spiro atoms. The van der Waals surface area contributed by atoms with Crippen molar-refractivity contribution >= 4 is 5.78 Å². The molecule has 1 aliphatic carbocycles. The molecule has 2 rings (SSSR count). The summed E-state index contributed by atoms with van der Waals surface area (Å²) in [5.41, 5.74) is 0. The predicted octanol–water partition coefficient (Wildman–Crippen LogP) is 2.72. The first-order chi connectivity index (χ1) is 7.25. The summed E-state index contributed by atoms with van der Waals surface area (Å²) in [5, 5.41) is 0. The average molecular weight is 208 g/mol. The molecule has 0 aliphatic heterocycles. The van der Waals surface area contributed by atoms with Gasteiger partial charge in [0.05, 0.1) is 0 Å².